The van der Waals surface area contributed by atoms with Gasteiger partial charge in [0.15, 0.2) is 10.5 Å². The number of nitrogens with zero attached hydrogens (tertiary/aromatic N) is 1. The molecule has 0 amide bonds. The van der Waals surface area contributed by atoms with E-state index < -0.39 is 12.0 Å². The van der Waals surface area contributed by atoms with Crippen molar-refractivity contribution in [3.8, 4) is 11.5 Å². The molecule has 1 aliphatic heterocycles. The number of phenolic OH excluding ortho intramolecular Hbond substituents is 2. The highest BCUT2D eigenvalue weighted by atomic mass is 32.2. The smallest absolute Gasteiger partial charge is 0.197 e. The second-order valence-electron chi connectivity index (χ2n) is 8.04. The minimum atomic E-state index is -0.719. The normalized spacial score (nSPS) is 20.0. The molecular weight excluding hydrogens is 402 g/mol. The van der Waals surface area contributed by atoms with Crippen molar-refractivity contribution in [2.45, 2.75) is 42.3 Å². The van der Waals surface area contributed by atoms with E-state index in [9.17, 15) is 20.1 Å². The number of aliphatic hydroxyl groups is 1. The number of piperidine rings is 1. The van der Waals surface area contributed by atoms with Crippen molar-refractivity contribution in [2.75, 3.05) is 20.1 Å². The lowest BCUT2D eigenvalue weighted by molar-refractivity contribution is 0.0630. The average Bonchev–Trinajstić information content (AvgIpc) is 2.65. The van der Waals surface area contributed by atoms with Crippen molar-refractivity contribution in [3.05, 3.63) is 57.2 Å². The van der Waals surface area contributed by atoms with E-state index in [1.54, 1.807) is 0 Å². The lowest BCUT2D eigenvalue weighted by atomic mass is 9.85. The standard InChI is InChI=1S/C23H25NO5S/c1-12-4-5-14(8-13(12)2)30-20-10-18(27)22-17(26)9-16(25)21(23(22)29-20)15-6-7-24(3)11-19(15)28/h4-5,8-10,15,19,25-26,28H,6-7,11H2,1-3H3. The third-order valence-electron chi connectivity index (χ3n) is 5.83. The van der Waals surface area contributed by atoms with Crippen LogP contribution >= 0.6 is 11.8 Å². The van der Waals surface area contributed by atoms with Gasteiger partial charge < -0.3 is 24.6 Å². The maximum Gasteiger partial charge on any atom is 0.197 e. The maximum absolute atomic E-state index is 12.8. The van der Waals surface area contributed by atoms with Crippen LogP contribution in [0.15, 0.2) is 49.5 Å². The van der Waals surface area contributed by atoms with Crippen molar-refractivity contribution in [2.24, 2.45) is 0 Å². The number of hydrogen-bond donors (Lipinski definition) is 3. The molecule has 1 saturated heterocycles. The maximum atomic E-state index is 12.8. The van der Waals surface area contributed by atoms with Crippen LogP contribution in [0.2, 0.25) is 0 Å². The van der Waals surface area contributed by atoms with Gasteiger partial charge in [0.25, 0.3) is 0 Å². The van der Waals surface area contributed by atoms with Crippen molar-refractivity contribution in [1.29, 1.82) is 0 Å². The molecule has 30 heavy (non-hydrogen) atoms. The Morgan fingerprint density at radius 3 is 2.57 bits per heavy atom. The summed E-state index contributed by atoms with van der Waals surface area (Å²) in [6.45, 7) is 5.24. The summed E-state index contributed by atoms with van der Waals surface area (Å²) in [6.07, 6.45) is -0.118. The summed E-state index contributed by atoms with van der Waals surface area (Å²) in [6, 6.07) is 8.50. The van der Waals surface area contributed by atoms with Crippen molar-refractivity contribution < 1.29 is 19.7 Å². The third kappa shape index (κ3) is 3.80. The molecular formula is C23H25NO5S. The number of benzene rings is 2. The van der Waals surface area contributed by atoms with E-state index in [1.165, 1.54) is 23.4 Å². The van der Waals surface area contributed by atoms with Gasteiger partial charge in [0.2, 0.25) is 0 Å². The molecule has 1 aromatic heterocycles. The SMILES string of the molecule is Cc1ccc(Sc2cc(=O)c3c(O)cc(O)c(C4CCN(C)CC4O)c3o2)cc1C. The molecule has 2 atom stereocenters. The van der Waals surface area contributed by atoms with Crippen molar-refractivity contribution in [3.63, 3.8) is 0 Å². The second-order valence-corrected chi connectivity index (χ2v) is 9.11. The van der Waals surface area contributed by atoms with Gasteiger partial charge in [0, 0.05) is 35.1 Å². The molecule has 7 heteroatoms. The Morgan fingerprint density at radius 2 is 1.87 bits per heavy atom. The zero-order valence-electron chi connectivity index (χ0n) is 17.2. The van der Waals surface area contributed by atoms with Gasteiger partial charge in [-0.25, -0.2) is 0 Å². The second kappa shape index (κ2) is 7.98. The molecule has 2 unspecified atom stereocenters. The van der Waals surface area contributed by atoms with E-state index in [-0.39, 0.29) is 27.9 Å². The number of rotatable bonds is 3. The molecule has 3 N–H and O–H groups in total. The first-order valence-corrected chi connectivity index (χ1v) is 10.7. The van der Waals surface area contributed by atoms with E-state index in [0.29, 0.717) is 23.6 Å². The largest absolute Gasteiger partial charge is 0.507 e. The van der Waals surface area contributed by atoms with Crippen LogP contribution in [-0.2, 0) is 0 Å². The molecule has 158 valence electrons. The molecule has 0 spiro atoms. The molecule has 0 aliphatic carbocycles. The van der Waals surface area contributed by atoms with Gasteiger partial charge in [-0.1, -0.05) is 17.8 Å². The quantitative estimate of drug-likeness (QED) is 0.586. The highest BCUT2D eigenvalue weighted by molar-refractivity contribution is 7.99. The van der Waals surface area contributed by atoms with Crippen molar-refractivity contribution in [1.82, 2.24) is 4.90 Å². The van der Waals surface area contributed by atoms with Crippen LogP contribution in [0.5, 0.6) is 11.5 Å². The van der Waals surface area contributed by atoms with Crippen LogP contribution in [0.4, 0.5) is 0 Å². The lowest BCUT2D eigenvalue weighted by Crippen LogP contribution is -2.40. The number of fused-ring (bicyclic) bond motifs is 1. The number of aliphatic hydroxyl groups excluding tert-OH is 1. The van der Waals surface area contributed by atoms with Gasteiger partial charge in [-0.05, 0) is 57.1 Å². The number of aryl methyl sites for hydroxylation is 2. The third-order valence-corrected chi connectivity index (χ3v) is 6.72. The molecule has 6 nitrogen and oxygen atoms in total. The number of hydrogen-bond acceptors (Lipinski definition) is 7. The zero-order valence-corrected chi connectivity index (χ0v) is 18.0. The first-order chi connectivity index (χ1) is 14.2. The molecule has 0 saturated carbocycles. The highest BCUT2D eigenvalue weighted by Gasteiger charge is 2.33. The number of β-amino-alcohol motifs (C(OH)–C–C–N with tert-alkyl or cyclic N) is 1. The van der Waals surface area contributed by atoms with Crippen LogP contribution in [0.3, 0.4) is 0 Å². The Balaban J connectivity index is 1.85. The first-order valence-electron chi connectivity index (χ1n) is 9.89. The topological polar surface area (TPSA) is 94.1 Å². The molecule has 1 aliphatic rings. The predicted molar refractivity (Wildman–Crippen MR) is 117 cm³/mol. The number of likely N-dealkylation sites (N-methyl/N-ethyl adjacent to an activating group) is 1. The van der Waals surface area contributed by atoms with Crippen LogP contribution in [0.25, 0.3) is 11.0 Å². The zero-order chi connectivity index (χ0) is 21.6. The Bertz CT molecular complexity index is 1170. The van der Waals surface area contributed by atoms with E-state index in [2.05, 4.69) is 0 Å². The molecule has 2 heterocycles. The summed E-state index contributed by atoms with van der Waals surface area (Å²) in [5, 5.41) is 32.0. The van der Waals surface area contributed by atoms with Gasteiger partial charge in [0.05, 0.1) is 6.10 Å². The van der Waals surface area contributed by atoms with E-state index in [0.717, 1.165) is 23.1 Å². The van der Waals surface area contributed by atoms with E-state index in [1.807, 2.05) is 44.0 Å². The molecule has 1 fully saturated rings. The van der Waals surface area contributed by atoms with Crippen LogP contribution in [0, 0.1) is 13.8 Å². The van der Waals surface area contributed by atoms with Gasteiger partial charge in [0.1, 0.15) is 22.5 Å². The summed E-state index contributed by atoms with van der Waals surface area (Å²) in [7, 11) is 1.92. The van der Waals surface area contributed by atoms with Crippen LogP contribution < -0.4 is 5.43 Å². The number of likely N-dealkylation sites (tertiary alicyclic amines) is 1. The molecule has 0 bridgehead atoms. The first kappa shape index (κ1) is 20.8. The Hall–Kier alpha value is -2.48. The fraction of sp³-hybridized carbons (Fsp3) is 0.348. The Morgan fingerprint density at radius 1 is 1.10 bits per heavy atom. The minimum absolute atomic E-state index is 0.0263. The minimum Gasteiger partial charge on any atom is -0.507 e. The molecule has 0 radical (unpaired) electrons. The fourth-order valence-electron chi connectivity index (χ4n) is 4.03. The monoisotopic (exact) mass is 427 g/mol. The molecule has 2 aromatic carbocycles. The summed E-state index contributed by atoms with van der Waals surface area (Å²) in [5.41, 5.74) is 2.44. The lowest BCUT2D eigenvalue weighted by Gasteiger charge is -2.34. The van der Waals surface area contributed by atoms with Crippen LogP contribution in [0.1, 0.15) is 29.0 Å². The molecule has 3 aromatic rings. The van der Waals surface area contributed by atoms with E-state index in [4.69, 9.17) is 4.42 Å². The Labute approximate surface area is 178 Å². The highest BCUT2D eigenvalue weighted by Crippen LogP contribution is 2.43. The van der Waals surface area contributed by atoms with Gasteiger partial charge >= 0.3 is 0 Å². The summed E-state index contributed by atoms with van der Waals surface area (Å²) >= 11 is 1.31. The number of aromatic hydroxyl groups is 2. The average molecular weight is 428 g/mol. The predicted octanol–water partition coefficient (Wildman–Crippen LogP) is 3.75. The summed E-state index contributed by atoms with van der Waals surface area (Å²) < 4.78 is 6.06. The van der Waals surface area contributed by atoms with Gasteiger partial charge in [-0.2, -0.15) is 0 Å². The number of phenols is 2. The summed E-state index contributed by atoms with van der Waals surface area (Å²) in [4.78, 5) is 15.8. The van der Waals surface area contributed by atoms with Gasteiger partial charge in [-0.15, -0.1) is 0 Å². The molecule has 4 rings (SSSR count). The Kier molecular flexibility index (Phi) is 5.53. The summed E-state index contributed by atoms with van der Waals surface area (Å²) in [5.74, 6) is -0.899. The van der Waals surface area contributed by atoms with Crippen molar-refractivity contribution >= 4 is 22.7 Å². The van der Waals surface area contributed by atoms with E-state index >= 15 is 0 Å². The fourth-order valence-corrected chi connectivity index (χ4v) is 4.92. The van der Waals surface area contributed by atoms with Crippen LogP contribution in [-0.4, -0.2) is 46.5 Å². The van der Waals surface area contributed by atoms with Gasteiger partial charge in [-0.3, -0.25) is 4.79 Å².